The van der Waals surface area contributed by atoms with Crippen LogP contribution in [-0.4, -0.2) is 78.7 Å². The van der Waals surface area contributed by atoms with Crippen LogP contribution in [0.2, 0.25) is 0 Å². The van der Waals surface area contributed by atoms with Gasteiger partial charge < -0.3 is 29.6 Å². The number of ether oxygens (including phenoxy) is 1. The predicted molar refractivity (Wildman–Crippen MR) is 117 cm³/mol. The monoisotopic (exact) mass is 455 g/mol. The molecule has 1 saturated carbocycles. The molecule has 3 amide bonds. The summed E-state index contributed by atoms with van der Waals surface area (Å²) in [6.07, 6.45) is 8.65. The minimum absolute atomic E-state index is 0.00249. The van der Waals surface area contributed by atoms with Gasteiger partial charge in [0.2, 0.25) is 0 Å². The van der Waals surface area contributed by atoms with E-state index >= 15 is 0 Å². The molecular weight excluding hydrogens is 431 g/mol. The number of nitrogens with one attached hydrogen (secondary N) is 2. The lowest BCUT2D eigenvalue weighted by atomic mass is 9.60. The van der Waals surface area contributed by atoms with Crippen LogP contribution in [0, 0.1) is 5.41 Å². The van der Waals surface area contributed by atoms with Crippen molar-refractivity contribution in [2.45, 2.75) is 18.4 Å². The first-order valence-electron chi connectivity index (χ1n) is 11.1. The number of rotatable bonds is 3. The molecule has 4 aliphatic heterocycles. The quantitative estimate of drug-likeness (QED) is 0.685. The van der Waals surface area contributed by atoms with E-state index in [0.717, 1.165) is 28.6 Å². The van der Waals surface area contributed by atoms with Crippen LogP contribution in [0.4, 0.5) is 18.2 Å². The molecule has 0 aromatic carbocycles. The van der Waals surface area contributed by atoms with E-state index in [1.165, 1.54) is 11.8 Å². The van der Waals surface area contributed by atoms with Gasteiger partial charge in [-0.05, 0) is 37.2 Å². The normalized spacial score (nSPS) is 25.2. The number of allylic oxidation sites excluding steroid dienone is 4. The molecule has 1 aromatic rings. The van der Waals surface area contributed by atoms with Gasteiger partial charge in [-0.2, -0.15) is 0 Å². The predicted octanol–water partition coefficient (Wildman–Crippen LogP) is 2.07. The van der Waals surface area contributed by atoms with Crippen molar-refractivity contribution in [3.8, 4) is 0 Å². The van der Waals surface area contributed by atoms with Gasteiger partial charge in [0.25, 0.3) is 0 Å². The molecular formula is C22H24BF2N5O3. The fraction of sp³-hybridized carbons (Fsp3) is 0.455. The highest BCUT2D eigenvalue weighted by atomic mass is 19.2. The third-order valence-electron chi connectivity index (χ3n) is 7.23. The summed E-state index contributed by atoms with van der Waals surface area (Å²) < 4.78 is 32.9. The topological polar surface area (TPSA) is 78.8 Å². The van der Waals surface area contributed by atoms with Crippen LogP contribution >= 0.6 is 0 Å². The Morgan fingerprint density at radius 3 is 2.58 bits per heavy atom. The molecule has 3 saturated heterocycles. The first-order chi connectivity index (χ1) is 15.9. The van der Waals surface area contributed by atoms with Crippen LogP contribution in [0.25, 0.3) is 5.57 Å². The second kappa shape index (κ2) is 7.13. The lowest BCUT2D eigenvalue weighted by Gasteiger charge is -2.59. The summed E-state index contributed by atoms with van der Waals surface area (Å²) in [5.74, 6) is 0. The first kappa shape index (κ1) is 20.4. The maximum atomic E-state index is 13.5. The van der Waals surface area contributed by atoms with Crippen molar-refractivity contribution in [2.24, 2.45) is 5.41 Å². The molecule has 6 rings (SSSR count). The number of nitrogens with zero attached hydrogens (tertiary/aromatic N) is 3. The molecule has 0 bridgehead atoms. The van der Waals surface area contributed by atoms with E-state index in [-0.39, 0.29) is 11.4 Å². The third kappa shape index (κ3) is 3.32. The largest absolute Gasteiger partial charge is 0.677 e. The molecule has 0 unspecified atom stereocenters. The number of carbonyl (C=O) groups excluding carboxylic acids is 2. The third-order valence-corrected chi connectivity index (χ3v) is 7.23. The van der Waals surface area contributed by atoms with Crippen molar-refractivity contribution in [1.82, 2.24) is 24.9 Å². The van der Waals surface area contributed by atoms with Gasteiger partial charge in [0.1, 0.15) is 12.1 Å². The van der Waals surface area contributed by atoms with E-state index in [1.807, 2.05) is 23.1 Å². The van der Waals surface area contributed by atoms with Crippen LogP contribution in [-0.2, 0) is 4.74 Å². The fourth-order valence-electron chi connectivity index (χ4n) is 5.69. The Labute approximate surface area is 190 Å². The summed E-state index contributed by atoms with van der Waals surface area (Å²) in [4.78, 5) is 27.6. The van der Waals surface area contributed by atoms with Crippen LogP contribution in [0.15, 0.2) is 47.8 Å². The van der Waals surface area contributed by atoms with Gasteiger partial charge in [-0.3, -0.25) is 8.63 Å². The molecule has 5 heterocycles. The highest BCUT2D eigenvalue weighted by molar-refractivity contribution is 6.41. The molecule has 8 nitrogen and oxygen atoms in total. The Kier molecular flexibility index (Phi) is 4.40. The fourth-order valence-corrected chi connectivity index (χ4v) is 5.69. The summed E-state index contributed by atoms with van der Waals surface area (Å²) in [5, 5.41) is 6.05. The number of likely N-dealkylation sites (tertiary alicyclic amines) is 2. The highest BCUT2D eigenvalue weighted by Crippen LogP contribution is 2.52. The summed E-state index contributed by atoms with van der Waals surface area (Å²) in [6, 6.07) is 3.36. The van der Waals surface area contributed by atoms with Gasteiger partial charge in [0, 0.05) is 42.0 Å². The number of carbonyl (C=O) groups is 2. The van der Waals surface area contributed by atoms with Gasteiger partial charge in [0.15, 0.2) is 0 Å². The number of urea groups is 1. The van der Waals surface area contributed by atoms with Crippen molar-refractivity contribution >= 4 is 25.1 Å². The molecule has 1 aliphatic carbocycles. The second-order valence-corrected chi connectivity index (χ2v) is 9.82. The van der Waals surface area contributed by atoms with E-state index in [9.17, 15) is 18.2 Å². The lowest BCUT2D eigenvalue weighted by Crippen LogP contribution is -2.74. The zero-order chi connectivity index (χ0) is 22.8. The average molecular weight is 455 g/mol. The van der Waals surface area contributed by atoms with Crippen LogP contribution in [0.1, 0.15) is 18.5 Å². The summed E-state index contributed by atoms with van der Waals surface area (Å²) in [7, 11) is -2.60. The van der Waals surface area contributed by atoms with Crippen molar-refractivity contribution in [2.75, 3.05) is 39.3 Å². The molecule has 0 radical (unpaired) electrons. The zero-order valence-electron chi connectivity index (χ0n) is 18.0. The molecule has 172 valence electrons. The molecule has 33 heavy (non-hydrogen) atoms. The summed E-state index contributed by atoms with van der Waals surface area (Å²) in [6.45, 7) is 3.36. The van der Waals surface area contributed by atoms with E-state index in [0.29, 0.717) is 45.0 Å². The summed E-state index contributed by atoms with van der Waals surface area (Å²) in [5.41, 5.74) is 3.01. The molecule has 4 fully saturated rings. The Morgan fingerprint density at radius 2 is 1.94 bits per heavy atom. The minimum Gasteiger partial charge on any atom is -0.447 e. The highest BCUT2D eigenvalue weighted by Gasteiger charge is 2.56. The van der Waals surface area contributed by atoms with E-state index < -0.39 is 19.0 Å². The molecule has 11 heteroatoms. The Morgan fingerprint density at radius 1 is 1.18 bits per heavy atom. The summed E-state index contributed by atoms with van der Waals surface area (Å²) >= 11 is 0. The SMILES string of the molecule is O=C1NC2(CO1)CN(C(=O)N1CC3(CC(=C/C(=C4\C=CCN4)c4cccn4B(F)F)C3)C1)C2. The number of hydrogen-bond acceptors (Lipinski definition) is 4. The van der Waals surface area contributed by atoms with Gasteiger partial charge in [-0.25, -0.2) is 9.59 Å². The van der Waals surface area contributed by atoms with Gasteiger partial charge in [-0.1, -0.05) is 17.7 Å². The van der Waals surface area contributed by atoms with Gasteiger partial charge in [0.05, 0.1) is 13.1 Å². The van der Waals surface area contributed by atoms with E-state index in [4.69, 9.17) is 4.74 Å². The number of amides is 3. The van der Waals surface area contributed by atoms with Crippen LogP contribution in [0.5, 0.6) is 0 Å². The van der Waals surface area contributed by atoms with Gasteiger partial charge in [-0.15, -0.1) is 0 Å². The van der Waals surface area contributed by atoms with E-state index in [1.54, 1.807) is 17.0 Å². The number of halogens is 2. The lowest BCUT2D eigenvalue weighted by molar-refractivity contribution is -0.0287. The van der Waals surface area contributed by atoms with Crippen LogP contribution in [0.3, 0.4) is 0 Å². The van der Waals surface area contributed by atoms with Crippen molar-refractivity contribution < 1.29 is 23.0 Å². The van der Waals surface area contributed by atoms with Crippen molar-refractivity contribution in [1.29, 1.82) is 0 Å². The minimum atomic E-state index is -2.60. The number of alkyl carbamates (subject to hydrolysis) is 1. The maximum absolute atomic E-state index is 13.5. The smallest absolute Gasteiger partial charge is 0.447 e. The maximum Gasteiger partial charge on any atom is 0.677 e. The Balaban J connectivity index is 1.09. The Bertz CT molecular complexity index is 1110. The molecule has 1 aromatic heterocycles. The molecule has 2 N–H and O–H groups in total. The molecule has 0 atom stereocenters. The van der Waals surface area contributed by atoms with Gasteiger partial charge >= 0.3 is 19.5 Å². The first-order valence-corrected chi connectivity index (χ1v) is 11.1. The molecule has 2 spiro atoms. The number of cyclic esters (lactones) is 1. The number of aromatic nitrogens is 1. The zero-order valence-corrected chi connectivity index (χ0v) is 18.0. The number of hydrogen-bond donors (Lipinski definition) is 2. The van der Waals surface area contributed by atoms with E-state index in [2.05, 4.69) is 10.6 Å². The second-order valence-electron chi connectivity index (χ2n) is 9.82. The average Bonchev–Trinajstić information content (AvgIpc) is 3.44. The van der Waals surface area contributed by atoms with Crippen molar-refractivity contribution in [3.05, 3.63) is 53.5 Å². The Hall–Kier alpha value is -3.24. The molecule has 5 aliphatic rings. The van der Waals surface area contributed by atoms with Crippen LogP contribution < -0.4 is 10.6 Å². The standard InChI is InChI=1S/C22H24BF2N5O3/c24-23(25)30-6-2-4-18(30)16(17-3-1-5-26-17)7-15-8-21(9-15)10-28(11-21)20(32)29-12-22(13-29)14-33-19(31)27-22/h1-4,6-7,26H,5,8-14H2,(H,27,31)/b17-16-. The van der Waals surface area contributed by atoms with Crippen molar-refractivity contribution in [3.63, 3.8) is 0 Å².